The van der Waals surface area contributed by atoms with Crippen LogP contribution in [0, 0.1) is 11.3 Å². The summed E-state index contributed by atoms with van der Waals surface area (Å²) in [7, 11) is 1.93. The molecule has 1 rings (SSSR count). The largest absolute Gasteiger partial charge is 0.349 e. The molecule has 0 atom stereocenters. The van der Waals surface area contributed by atoms with Crippen LogP contribution in [-0.4, -0.2) is 12.6 Å². The fourth-order valence-electron chi connectivity index (χ4n) is 0.835. The summed E-state index contributed by atoms with van der Waals surface area (Å²) < 4.78 is 1.09. The molecule has 0 aromatic carbocycles. The van der Waals surface area contributed by atoms with E-state index in [4.69, 9.17) is 5.26 Å². The zero-order valence-corrected chi connectivity index (χ0v) is 10.2. The average molecular weight is 259 g/mol. The highest BCUT2D eigenvalue weighted by molar-refractivity contribution is 9.11. The van der Waals surface area contributed by atoms with Gasteiger partial charge in [0.05, 0.1) is 14.9 Å². The summed E-state index contributed by atoms with van der Waals surface area (Å²) in [5, 5.41) is 10.0. The Bertz CT molecular complexity index is 338. The lowest BCUT2D eigenvalue weighted by atomic mass is 10.1. The maximum absolute atomic E-state index is 8.93. The number of hydrogen-bond donors (Lipinski definition) is 0. The second-order valence-electron chi connectivity index (χ2n) is 3.31. The van der Waals surface area contributed by atoms with E-state index in [1.165, 1.54) is 0 Å². The standard InChI is InChI=1S/C9H11BrN2S/c1-9(2,6-11)12(3)8-5-4-7(10)13-8/h4-5H,1-3H3. The highest BCUT2D eigenvalue weighted by Gasteiger charge is 2.23. The highest BCUT2D eigenvalue weighted by Crippen LogP contribution is 2.32. The van der Waals surface area contributed by atoms with Gasteiger partial charge in [-0.05, 0) is 41.9 Å². The van der Waals surface area contributed by atoms with Crippen molar-refractivity contribution >= 4 is 32.3 Å². The third kappa shape index (κ3) is 2.23. The lowest BCUT2D eigenvalue weighted by Gasteiger charge is -2.29. The molecular weight excluding hydrogens is 248 g/mol. The molecule has 0 aliphatic heterocycles. The summed E-state index contributed by atoms with van der Waals surface area (Å²) in [5.41, 5.74) is -0.454. The first-order chi connectivity index (χ1) is 5.97. The van der Waals surface area contributed by atoms with E-state index < -0.39 is 5.54 Å². The molecule has 0 spiro atoms. The van der Waals surface area contributed by atoms with Gasteiger partial charge in [0.25, 0.3) is 0 Å². The second kappa shape index (κ2) is 3.69. The molecule has 1 aromatic rings. The van der Waals surface area contributed by atoms with Crippen LogP contribution in [0.1, 0.15) is 13.8 Å². The van der Waals surface area contributed by atoms with E-state index in [2.05, 4.69) is 22.0 Å². The van der Waals surface area contributed by atoms with Gasteiger partial charge < -0.3 is 4.90 Å². The van der Waals surface area contributed by atoms with E-state index in [-0.39, 0.29) is 0 Å². The molecule has 0 saturated heterocycles. The van der Waals surface area contributed by atoms with Gasteiger partial charge in [-0.25, -0.2) is 0 Å². The van der Waals surface area contributed by atoms with Crippen LogP contribution in [0.3, 0.4) is 0 Å². The Labute approximate surface area is 90.9 Å². The first kappa shape index (κ1) is 10.6. The first-order valence-corrected chi connectivity index (χ1v) is 5.49. The minimum absolute atomic E-state index is 0.454. The Hall–Kier alpha value is -0.530. The van der Waals surface area contributed by atoms with Gasteiger partial charge in [0.2, 0.25) is 0 Å². The van der Waals surface area contributed by atoms with Gasteiger partial charge in [0.15, 0.2) is 0 Å². The topological polar surface area (TPSA) is 27.0 Å². The maximum Gasteiger partial charge on any atom is 0.122 e. The number of anilines is 1. The smallest absolute Gasteiger partial charge is 0.122 e. The van der Waals surface area contributed by atoms with Crippen LogP contribution in [0.2, 0.25) is 0 Å². The molecule has 0 fully saturated rings. The lowest BCUT2D eigenvalue weighted by molar-refractivity contribution is 0.621. The van der Waals surface area contributed by atoms with Crippen LogP contribution in [0.15, 0.2) is 15.9 Å². The summed E-state index contributed by atoms with van der Waals surface area (Å²) in [6.45, 7) is 3.81. The Morgan fingerprint density at radius 3 is 2.54 bits per heavy atom. The van der Waals surface area contributed by atoms with E-state index in [0.29, 0.717) is 0 Å². The van der Waals surface area contributed by atoms with E-state index in [9.17, 15) is 0 Å². The molecule has 1 heterocycles. The van der Waals surface area contributed by atoms with Gasteiger partial charge in [-0.15, -0.1) is 11.3 Å². The number of rotatable bonds is 2. The quantitative estimate of drug-likeness (QED) is 0.815. The molecule has 13 heavy (non-hydrogen) atoms. The normalized spacial score (nSPS) is 11.0. The Morgan fingerprint density at radius 2 is 2.15 bits per heavy atom. The van der Waals surface area contributed by atoms with Crippen molar-refractivity contribution in [2.24, 2.45) is 0 Å². The van der Waals surface area contributed by atoms with Crippen molar-refractivity contribution in [3.05, 3.63) is 15.9 Å². The van der Waals surface area contributed by atoms with E-state index in [1.54, 1.807) is 11.3 Å². The Kier molecular flexibility index (Phi) is 2.99. The molecule has 0 amide bonds. The molecule has 0 aliphatic carbocycles. The molecule has 0 bridgehead atoms. The van der Waals surface area contributed by atoms with Gasteiger partial charge in [-0.3, -0.25) is 0 Å². The number of hydrogen-bond acceptors (Lipinski definition) is 3. The van der Waals surface area contributed by atoms with Gasteiger partial charge in [0, 0.05) is 7.05 Å². The number of nitriles is 1. The van der Waals surface area contributed by atoms with Crippen LogP contribution in [-0.2, 0) is 0 Å². The number of halogens is 1. The van der Waals surface area contributed by atoms with E-state index >= 15 is 0 Å². The van der Waals surface area contributed by atoms with Crippen molar-refractivity contribution < 1.29 is 0 Å². The highest BCUT2D eigenvalue weighted by atomic mass is 79.9. The van der Waals surface area contributed by atoms with E-state index in [1.807, 2.05) is 37.9 Å². The van der Waals surface area contributed by atoms with Crippen molar-refractivity contribution in [2.45, 2.75) is 19.4 Å². The number of nitrogens with zero attached hydrogens (tertiary/aromatic N) is 2. The van der Waals surface area contributed by atoms with Crippen LogP contribution >= 0.6 is 27.3 Å². The molecule has 1 aromatic heterocycles. The van der Waals surface area contributed by atoms with Gasteiger partial charge in [0.1, 0.15) is 5.54 Å². The van der Waals surface area contributed by atoms with Crippen molar-refractivity contribution in [1.29, 1.82) is 5.26 Å². The fourth-order valence-corrected chi connectivity index (χ4v) is 2.30. The van der Waals surface area contributed by atoms with Crippen molar-refractivity contribution in [2.75, 3.05) is 11.9 Å². The monoisotopic (exact) mass is 258 g/mol. The van der Waals surface area contributed by atoms with Crippen LogP contribution in [0.25, 0.3) is 0 Å². The SMILES string of the molecule is CN(c1ccc(Br)s1)C(C)(C)C#N. The summed E-state index contributed by atoms with van der Waals surface area (Å²) in [6.07, 6.45) is 0. The van der Waals surface area contributed by atoms with Crippen molar-refractivity contribution in [1.82, 2.24) is 0 Å². The molecule has 0 radical (unpaired) electrons. The minimum Gasteiger partial charge on any atom is -0.349 e. The molecule has 0 unspecified atom stereocenters. The summed E-state index contributed by atoms with van der Waals surface area (Å²) in [4.78, 5) is 1.97. The van der Waals surface area contributed by atoms with Gasteiger partial charge in [-0.2, -0.15) is 5.26 Å². The summed E-state index contributed by atoms with van der Waals surface area (Å²) in [5.74, 6) is 0. The van der Waals surface area contributed by atoms with Gasteiger partial charge in [-0.1, -0.05) is 0 Å². The van der Waals surface area contributed by atoms with Crippen molar-refractivity contribution in [3.63, 3.8) is 0 Å². The zero-order chi connectivity index (χ0) is 10.1. The summed E-state index contributed by atoms with van der Waals surface area (Å²) >= 11 is 5.03. The summed E-state index contributed by atoms with van der Waals surface area (Å²) in [6, 6.07) is 6.26. The lowest BCUT2D eigenvalue weighted by Crippen LogP contribution is -2.39. The third-order valence-corrected chi connectivity index (χ3v) is 3.70. The average Bonchev–Trinajstić information content (AvgIpc) is 2.50. The van der Waals surface area contributed by atoms with Crippen LogP contribution < -0.4 is 4.90 Å². The predicted molar refractivity (Wildman–Crippen MR) is 60.1 cm³/mol. The molecule has 70 valence electrons. The first-order valence-electron chi connectivity index (χ1n) is 3.88. The molecular formula is C9H11BrN2S. The molecule has 0 saturated carbocycles. The molecule has 0 aliphatic rings. The third-order valence-electron chi connectivity index (χ3n) is 2.00. The van der Waals surface area contributed by atoms with Gasteiger partial charge >= 0.3 is 0 Å². The zero-order valence-electron chi connectivity index (χ0n) is 7.84. The molecule has 2 nitrogen and oxygen atoms in total. The molecule has 4 heteroatoms. The van der Waals surface area contributed by atoms with Crippen LogP contribution in [0.4, 0.5) is 5.00 Å². The molecule has 0 N–H and O–H groups in total. The second-order valence-corrected chi connectivity index (χ2v) is 5.75. The van der Waals surface area contributed by atoms with Crippen LogP contribution in [0.5, 0.6) is 0 Å². The minimum atomic E-state index is -0.454. The Morgan fingerprint density at radius 1 is 1.54 bits per heavy atom. The predicted octanol–water partition coefficient (Wildman–Crippen LogP) is 3.25. The Balaban J connectivity index is 2.92. The fraction of sp³-hybridized carbons (Fsp3) is 0.444. The van der Waals surface area contributed by atoms with E-state index in [0.717, 1.165) is 8.79 Å². The van der Waals surface area contributed by atoms with Crippen molar-refractivity contribution in [3.8, 4) is 6.07 Å². The maximum atomic E-state index is 8.93. The number of thiophene rings is 1.